The first-order chi connectivity index (χ1) is 8.43. The van der Waals surface area contributed by atoms with Crippen LogP contribution >= 0.6 is 15.9 Å². The highest BCUT2D eigenvalue weighted by molar-refractivity contribution is 9.10. The maximum Gasteiger partial charge on any atom is 0.406 e. The minimum Gasteiger partial charge on any atom is -0.492 e. The number of halogens is 4. The van der Waals surface area contributed by atoms with Crippen molar-refractivity contribution in [2.24, 2.45) is 0 Å². The molecule has 0 atom stereocenters. The first-order valence-electron chi connectivity index (χ1n) is 5.63. The van der Waals surface area contributed by atoms with Gasteiger partial charge in [-0.3, -0.25) is 0 Å². The van der Waals surface area contributed by atoms with Crippen LogP contribution in [0.3, 0.4) is 0 Å². The average Bonchev–Trinajstić information content (AvgIpc) is 3.05. The number of benzene rings is 1. The zero-order valence-electron chi connectivity index (χ0n) is 9.56. The monoisotopic (exact) mass is 323 g/mol. The van der Waals surface area contributed by atoms with Gasteiger partial charge in [-0.1, -0.05) is 22.0 Å². The minimum absolute atomic E-state index is 0.160. The maximum absolute atomic E-state index is 12.6. The van der Waals surface area contributed by atoms with Gasteiger partial charge < -0.3 is 10.1 Å². The molecule has 0 spiro atoms. The van der Waals surface area contributed by atoms with Crippen molar-refractivity contribution >= 4 is 15.9 Å². The summed E-state index contributed by atoms with van der Waals surface area (Å²) in [7, 11) is 0. The summed E-state index contributed by atoms with van der Waals surface area (Å²) in [6, 6.07) is 7.21. The lowest BCUT2D eigenvalue weighted by molar-refractivity contribution is -0.165. The number of hydrogen-bond donors (Lipinski definition) is 1. The zero-order valence-corrected chi connectivity index (χ0v) is 11.1. The minimum atomic E-state index is -4.16. The molecule has 0 heterocycles. The van der Waals surface area contributed by atoms with Crippen LogP contribution in [0.4, 0.5) is 13.2 Å². The van der Waals surface area contributed by atoms with Gasteiger partial charge in [0.1, 0.15) is 17.9 Å². The lowest BCUT2D eigenvalue weighted by atomic mass is 10.2. The highest BCUT2D eigenvalue weighted by Gasteiger charge is 2.62. The standard InChI is InChI=1S/C12H13BrF3NO/c13-9-2-1-3-10(8-9)18-7-6-17-11(4-5-11)12(14,15)16/h1-3,8,17H,4-7H2. The second-order valence-electron chi connectivity index (χ2n) is 4.31. The Morgan fingerprint density at radius 2 is 2.06 bits per heavy atom. The van der Waals surface area contributed by atoms with Gasteiger partial charge in [-0.25, -0.2) is 0 Å². The fourth-order valence-electron chi connectivity index (χ4n) is 1.70. The Hall–Kier alpha value is -0.750. The van der Waals surface area contributed by atoms with E-state index in [0.29, 0.717) is 5.75 Å². The highest BCUT2D eigenvalue weighted by atomic mass is 79.9. The van der Waals surface area contributed by atoms with E-state index >= 15 is 0 Å². The van der Waals surface area contributed by atoms with E-state index in [1.54, 1.807) is 12.1 Å². The van der Waals surface area contributed by atoms with Crippen molar-refractivity contribution in [3.63, 3.8) is 0 Å². The molecule has 1 aromatic carbocycles. The van der Waals surface area contributed by atoms with E-state index in [0.717, 1.165) is 4.47 Å². The second-order valence-corrected chi connectivity index (χ2v) is 5.23. The predicted octanol–water partition coefficient (Wildman–Crippen LogP) is 3.51. The van der Waals surface area contributed by atoms with Gasteiger partial charge in [-0.2, -0.15) is 13.2 Å². The van der Waals surface area contributed by atoms with Crippen LogP contribution in [-0.2, 0) is 0 Å². The molecule has 6 heteroatoms. The van der Waals surface area contributed by atoms with Crippen LogP contribution in [-0.4, -0.2) is 24.9 Å². The molecule has 1 saturated carbocycles. The van der Waals surface area contributed by atoms with Gasteiger partial charge >= 0.3 is 6.18 Å². The molecule has 2 nitrogen and oxygen atoms in total. The van der Waals surface area contributed by atoms with Gasteiger partial charge in [-0.05, 0) is 31.0 Å². The molecule has 0 radical (unpaired) electrons. The van der Waals surface area contributed by atoms with Crippen molar-refractivity contribution < 1.29 is 17.9 Å². The molecule has 0 aliphatic heterocycles. The van der Waals surface area contributed by atoms with Gasteiger partial charge in [0.2, 0.25) is 0 Å². The van der Waals surface area contributed by atoms with Gasteiger partial charge in [0, 0.05) is 11.0 Å². The van der Waals surface area contributed by atoms with Crippen molar-refractivity contribution in [2.75, 3.05) is 13.2 Å². The third-order valence-corrected chi connectivity index (χ3v) is 3.42. The Morgan fingerprint density at radius 1 is 1.33 bits per heavy atom. The van der Waals surface area contributed by atoms with Gasteiger partial charge in [0.15, 0.2) is 0 Å². The van der Waals surface area contributed by atoms with E-state index in [9.17, 15) is 13.2 Å². The van der Waals surface area contributed by atoms with E-state index < -0.39 is 11.7 Å². The summed E-state index contributed by atoms with van der Waals surface area (Å²) < 4.78 is 44.0. The molecule has 0 unspecified atom stereocenters. The molecule has 1 fully saturated rings. The number of rotatable bonds is 5. The van der Waals surface area contributed by atoms with Crippen molar-refractivity contribution in [1.29, 1.82) is 0 Å². The van der Waals surface area contributed by atoms with Crippen molar-refractivity contribution in [3.8, 4) is 5.75 Å². The summed E-state index contributed by atoms with van der Waals surface area (Å²) in [5, 5.41) is 2.53. The van der Waals surface area contributed by atoms with Gasteiger partial charge in [-0.15, -0.1) is 0 Å². The van der Waals surface area contributed by atoms with Crippen LogP contribution in [0, 0.1) is 0 Å². The summed E-state index contributed by atoms with van der Waals surface area (Å²) >= 11 is 3.29. The molecule has 1 aromatic rings. The molecule has 0 saturated heterocycles. The lowest BCUT2D eigenvalue weighted by Crippen LogP contribution is -2.46. The van der Waals surface area contributed by atoms with E-state index in [4.69, 9.17) is 4.74 Å². The fourth-order valence-corrected chi connectivity index (χ4v) is 2.08. The molecular formula is C12H13BrF3NO. The Morgan fingerprint density at radius 3 is 2.61 bits per heavy atom. The number of alkyl halides is 3. The van der Waals surface area contributed by atoms with Gasteiger partial charge in [0.05, 0.1) is 0 Å². The molecule has 100 valence electrons. The normalized spacial score (nSPS) is 17.6. The van der Waals surface area contributed by atoms with Crippen LogP contribution in [0.25, 0.3) is 0 Å². The van der Waals surface area contributed by atoms with Crippen molar-refractivity contribution in [3.05, 3.63) is 28.7 Å². The van der Waals surface area contributed by atoms with Crippen LogP contribution in [0.2, 0.25) is 0 Å². The Bertz CT molecular complexity index is 418. The van der Waals surface area contributed by atoms with Gasteiger partial charge in [0.25, 0.3) is 0 Å². The smallest absolute Gasteiger partial charge is 0.406 e. The highest BCUT2D eigenvalue weighted by Crippen LogP contribution is 2.48. The van der Waals surface area contributed by atoms with E-state index in [2.05, 4.69) is 21.2 Å². The largest absolute Gasteiger partial charge is 0.492 e. The van der Waals surface area contributed by atoms with E-state index in [1.807, 2.05) is 12.1 Å². The Balaban J connectivity index is 1.74. The molecular weight excluding hydrogens is 311 g/mol. The summed E-state index contributed by atoms with van der Waals surface area (Å²) in [5.74, 6) is 0.642. The van der Waals surface area contributed by atoms with Crippen LogP contribution < -0.4 is 10.1 Å². The molecule has 1 aliphatic carbocycles. The predicted molar refractivity (Wildman–Crippen MR) is 65.7 cm³/mol. The quantitative estimate of drug-likeness (QED) is 0.837. The SMILES string of the molecule is FC(F)(F)C1(NCCOc2cccc(Br)c2)CC1. The number of ether oxygens (including phenoxy) is 1. The number of nitrogens with one attached hydrogen (secondary N) is 1. The molecule has 1 N–H and O–H groups in total. The fraction of sp³-hybridized carbons (Fsp3) is 0.500. The van der Waals surface area contributed by atoms with Crippen LogP contribution in [0.15, 0.2) is 28.7 Å². The first kappa shape index (κ1) is 13.7. The molecule has 0 bridgehead atoms. The average molecular weight is 324 g/mol. The summed E-state index contributed by atoms with van der Waals surface area (Å²) in [6.07, 6.45) is -3.84. The lowest BCUT2D eigenvalue weighted by Gasteiger charge is -2.20. The third kappa shape index (κ3) is 3.17. The van der Waals surface area contributed by atoms with Crippen molar-refractivity contribution in [1.82, 2.24) is 5.32 Å². The first-order valence-corrected chi connectivity index (χ1v) is 6.42. The molecule has 2 rings (SSSR count). The van der Waals surface area contributed by atoms with E-state index in [-0.39, 0.29) is 26.0 Å². The Kier molecular flexibility index (Phi) is 3.87. The molecule has 18 heavy (non-hydrogen) atoms. The summed E-state index contributed by atoms with van der Waals surface area (Å²) in [6.45, 7) is 0.403. The Labute approximate surface area is 112 Å². The second kappa shape index (κ2) is 5.09. The third-order valence-electron chi connectivity index (χ3n) is 2.92. The summed E-state index contributed by atoms with van der Waals surface area (Å²) in [4.78, 5) is 0. The van der Waals surface area contributed by atoms with E-state index in [1.165, 1.54) is 0 Å². The van der Waals surface area contributed by atoms with Crippen LogP contribution in [0.1, 0.15) is 12.8 Å². The number of hydrogen-bond acceptors (Lipinski definition) is 2. The zero-order chi connectivity index (χ0) is 13.2. The molecule has 1 aliphatic rings. The topological polar surface area (TPSA) is 21.3 Å². The molecule has 0 aromatic heterocycles. The molecule has 0 amide bonds. The van der Waals surface area contributed by atoms with Crippen LogP contribution in [0.5, 0.6) is 5.75 Å². The maximum atomic E-state index is 12.6. The summed E-state index contributed by atoms with van der Waals surface area (Å²) in [5.41, 5.74) is -1.66. The van der Waals surface area contributed by atoms with Crippen molar-refractivity contribution in [2.45, 2.75) is 24.6 Å².